The molecule has 2 N–H and O–H groups in total. The van der Waals surface area contributed by atoms with Crippen LogP contribution in [-0.2, 0) is 0 Å². The molecule has 0 atom stereocenters. The molecule has 0 amide bonds. The number of anilines is 3. The molecule has 0 aliphatic heterocycles. The van der Waals surface area contributed by atoms with E-state index >= 15 is 0 Å². The molecule has 0 unspecified atom stereocenters. The van der Waals surface area contributed by atoms with Gasteiger partial charge in [0.05, 0.1) is 23.0 Å². The second-order valence-electron chi connectivity index (χ2n) is 4.06. The molecule has 0 bridgehead atoms. The van der Waals surface area contributed by atoms with Crippen molar-refractivity contribution in [3.05, 3.63) is 47.7 Å². The van der Waals surface area contributed by atoms with Gasteiger partial charge in [0, 0.05) is 12.7 Å². The molecule has 2 aromatic rings. The van der Waals surface area contributed by atoms with Gasteiger partial charge in [-0.15, -0.1) is 0 Å². The average Bonchev–Trinajstić information content (AvgIpc) is 2.41. The van der Waals surface area contributed by atoms with Crippen LogP contribution in [0.2, 0.25) is 0 Å². The third kappa shape index (κ3) is 2.25. The van der Waals surface area contributed by atoms with Crippen LogP contribution in [0.4, 0.5) is 17.2 Å². The third-order valence-electron chi connectivity index (χ3n) is 2.84. The number of aromatic nitrogens is 1. The Morgan fingerprint density at radius 2 is 1.83 bits per heavy atom. The Morgan fingerprint density at radius 3 is 2.39 bits per heavy atom. The normalized spacial score (nSPS) is 9.83. The number of hydrogen-bond donors (Lipinski definition) is 1. The topological polar surface area (TPSA) is 65.9 Å². The van der Waals surface area contributed by atoms with E-state index in [2.05, 4.69) is 11.1 Å². The molecular formula is C14H14N4. The maximum atomic E-state index is 8.76. The Hall–Kier alpha value is -2.54. The van der Waals surface area contributed by atoms with Crippen LogP contribution in [0.5, 0.6) is 0 Å². The summed E-state index contributed by atoms with van der Waals surface area (Å²) in [5.41, 5.74) is 8.87. The van der Waals surface area contributed by atoms with Crippen LogP contribution in [0.1, 0.15) is 11.3 Å². The zero-order chi connectivity index (χ0) is 13.1. The van der Waals surface area contributed by atoms with Gasteiger partial charge in [-0.05, 0) is 43.3 Å². The predicted molar refractivity (Wildman–Crippen MR) is 72.6 cm³/mol. The van der Waals surface area contributed by atoms with Gasteiger partial charge in [-0.25, -0.2) is 4.98 Å². The highest BCUT2D eigenvalue weighted by molar-refractivity contribution is 5.62. The fraction of sp³-hybridized carbons (Fsp3) is 0.143. The summed E-state index contributed by atoms with van der Waals surface area (Å²) in [6.45, 7) is 1.88. The number of benzene rings is 1. The number of rotatable bonds is 2. The Balaban J connectivity index is 2.32. The van der Waals surface area contributed by atoms with Crippen molar-refractivity contribution in [2.45, 2.75) is 6.92 Å². The number of pyridine rings is 1. The van der Waals surface area contributed by atoms with Gasteiger partial charge in [0.1, 0.15) is 5.82 Å². The Labute approximate surface area is 106 Å². The molecule has 1 aromatic carbocycles. The highest BCUT2D eigenvalue weighted by atomic mass is 15.2. The molecule has 4 heteroatoms. The first-order valence-corrected chi connectivity index (χ1v) is 5.59. The second kappa shape index (κ2) is 4.76. The number of nitrogens with zero attached hydrogens (tertiary/aromatic N) is 3. The third-order valence-corrected chi connectivity index (χ3v) is 2.84. The van der Waals surface area contributed by atoms with Crippen molar-refractivity contribution in [1.29, 1.82) is 5.26 Å². The van der Waals surface area contributed by atoms with Crippen LogP contribution < -0.4 is 10.6 Å². The van der Waals surface area contributed by atoms with Crippen LogP contribution in [0.3, 0.4) is 0 Å². The Bertz CT molecular complexity index is 596. The summed E-state index contributed by atoms with van der Waals surface area (Å²) in [5, 5.41) is 8.76. The van der Waals surface area contributed by atoms with Crippen LogP contribution in [0, 0.1) is 18.3 Å². The molecule has 0 aliphatic rings. The standard InChI is InChI=1S/C14H14N4/c1-10-13(16)7-8-14(17-10)18(2)12-5-3-11(9-15)4-6-12/h3-8H,16H2,1-2H3. The first kappa shape index (κ1) is 11.9. The van der Waals surface area contributed by atoms with Crippen molar-refractivity contribution in [1.82, 2.24) is 4.98 Å². The van der Waals surface area contributed by atoms with Crippen LogP contribution in [0.15, 0.2) is 36.4 Å². The molecule has 0 radical (unpaired) electrons. The first-order valence-electron chi connectivity index (χ1n) is 5.59. The SMILES string of the molecule is Cc1nc(N(C)c2ccc(C#N)cc2)ccc1N. The molecule has 0 fully saturated rings. The van der Waals surface area contributed by atoms with E-state index in [9.17, 15) is 0 Å². The van der Waals surface area contributed by atoms with Crippen LogP contribution in [-0.4, -0.2) is 12.0 Å². The van der Waals surface area contributed by atoms with Gasteiger partial charge in [0.15, 0.2) is 0 Å². The maximum absolute atomic E-state index is 8.76. The van der Waals surface area contributed by atoms with E-state index in [-0.39, 0.29) is 0 Å². The van der Waals surface area contributed by atoms with E-state index in [0.29, 0.717) is 11.3 Å². The van der Waals surface area contributed by atoms with Crippen LogP contribution >= 0.6 is 0 Å². The van der Waals surface area contributed by atoms with Crippen molar-refractivity contribution in [2.24, 2.45) is 0 Å². The summed E-state index contributed by atoms with van der Waals surface area (Å²) in [7, 11) is 1.93. The van der Waals surface area contributed by atoms with E-state index in [0.717, 1.165) is 17.2 Å². The van der Waals surface area contributed by atoms with E-state index in [1.807, 2.05) is 43.1 Å². The minimum absolute atomic E-state index is 0.647. The van der Waals surface area contributed by atoms with Gasteiger partial charge in [-0.2, -0.15) is 5.26 Å². The summed E-state index contributed by atoms with van der Waals surface area (Å²) in [6.07, 6.45) is 0. The van der Waals surface area contributed by atoms with Gasteiger partial charge in [-0.3, -0.25) is 0 Å². The molecule has 1 aromatic heterocycles. The summed E-state index contributed by atoms with van der Waals surface area (Å²) >= 11 is 0. The van der Waals surface area contributed by atoms with Crippen molar-refractivity contribution in [2.75, 3.05) is 17.7 Å². The van der Waals surface area contributed by atoms with Gasteiger partial charge in [-0.1, -0.05) is 0 Å². The lowest BCUT2D eigenvalue weighted by Crippen LogP contribution is -2.12. The van der Waals surface area contributed by atoms with Crippen molar-refractivity contribution in [3.8, 4) is 6.07 Å². The first-order chi connectivity index (χ1) is 8.61. The van der Waals surface area contributed by atoms with E-state index in [1.165, 1.54) is 0 Å². The highest BCUT2D eigenvalue weighted by Gasteiger charge is 2.06. The van der Waals surface area contributed by atoms with Gasteiger partial charge >= 0.3 is 0 Å². The minimum Gasteiger partial charge on any atom is -0.397 e. The second-order valence-corrected chi connectivity index (χ2v) is 4.06. The number of nitrogens with two attached hydrogens (primary N) is 1. The minimum atomic E-state index is 0.647. The van der Waals surface area contributed by atoms with E-state index in [4.69, 9.17) is 11.0 Å². The lowest BCUT2D eigenvalue weighted by atomic mass is 10.2. The molecule has 1 heterocycles. The van der Waals surface area contributed by atoms with Gasteiger partial charge in [0.25, 0.3) is 0 Å². The van der Waals surface area contributed by atoms with Crippen molar-refractivity contribution >= 4 is 17.2 Å². The van der Waals surface area contributed by atoms with Crippen molar-refractivity contribution < 1.29 is 0 Å². The van der Waals surface area contributed by atoms with Crippen LogP contribution in [0.25, 0.3) is 0 Å². The summed E-state index contributed by atoms with van der Waals surface area (Å²) in [5.74, 6) is 0.825. The highest BCUT2D eigenvalue weighted by Crippen LogP contribution is 2.23. The van der Waals surface area contributed by atoms with Gasteiger partial charge < -0.3 is 10.6 Å². The van der Waals surface area contributed by atoms with Crippen molar-refractivity contribution in [3.63, 3.8) is 0 Å². The largest absolute Gasteiger partial charge is 0.397 e. The lowest BCUT2D eigenvalue weighted by molar-refractivity contribution is 1.09. The Kier molecular flexibility index (Phi) is 3.16. The fourth-order valence-electron chi connectivity index (χ4n) is 1.64. The summed E-state index contributed by atoms with van der Waals surface area (Å²) < 4.78 is 0. The summed E-state index contributed by atoms with van der Waals surface area (Å²) in [6, 6.07) is 13.2. The zero-order valence-corrected chi connectivity index (χ0v) is 10.4. The Morgan fingerprint density at radius 1 is 1.17 bits per heavy atom. The molecule has 0 spiro atoms. The lowest BCUT2D eigenvalue weighted by Gasteiger charge is -2.19. The van der Waals surface area contributed by atoms with E-state index in [1.54, 1.807) is 12.1 Å². The molecule has 2 rings (SSSR count). The molecule has 0 aliphatic carbocycles. The quantitative estimate of drug-likeness (QED) is 0.873. The number of nitrogen functional groups attached to an aromatic ring is 1. The number of hydrogen-bond acceptors (Lipinski definition) is 4. The van der Waals surface area contributed by atoms with Gasteiger partial charge in [0.2, 0.25) is 0 Å². The number of nitriles is 1. The molecule has 18 heavy (non-hydrogen) atoms. The maximum Gasteiger partial charge on any atom is 0.133 e. The molecule has 0 saturated heterocycles. The predicted octanol–water partition coefficient (Wildman–Crippen LogP) is 2.61. The van der Waals surface area contributed by atoms with E-state index < -0.39 is 0 Å². The molecule has 4 nitrogen and oxygen atoms in total. The fourth-order valence-corrected chi connectivity index (χ4v) is 1.64. The monoisotopic (exact) mass is 238 g/mol. The molecular weight excluding hydrogens is 224 g/mol. The molecule has 0 saturated carbocycles. The zero-order valence-electron chi connectivity index (χ0n) is 10.4. The molecule has 90 valence electrons. The number of aryl methyl sites for hydroxylation is 1. The average molecular weight is 238 g/mol. The summed E-state index contributed by atoms with van der Waals surface area (Å²) in [4.78, 5) is 6.38. The smallest absolute Gasteiger partial charge is 0.133 e.